The van der Waals surface area contributed by atoms with E-state index in [9.17, 15) is 9.59 Å². The summed E-state index contributed by atoms with van der Waals surface area (Å²) in [5, 5.41) is 0. The van der Waals surface area contributed by atoms with Crippen LogP contribution in [0.5, 0.6) is 5.75 Å². The smallest absolute Gasteiger partial charge is 0.363 e. The number of carbonyl (C=O) groups excluding carboxylic acids is 2. The molecule has 0 atom stereocenters. The average molecular weight is 504 g/mol. The van der Waals surface area contributed by atoms with Crippen molar-refractivity contribution in [2.75, 3.05) is 0 Å². The summed E-state index contributed by atoms with van der Waals surface area (Å²) in [6.45, 7) is 6.35. The molecule has 4 rings (SSSR count). The molecule has 0 aromatic heterocycles. The molecule has 0 radical (unpaired) electrons. The van der Waals surface area contributed by atoms with E-state index < -0.39 is 11.9 Å². The minimum absolute atomic E-state index is 0.00497. The molecule has 3 aromatic rings. The molecular formula is C27H22BrNO4. The SMILES string of the molecule is CC(C)(C)c1ccc(C(=O)Oc2cccc(/C=C3\N=C(c4cccc(Br)c4)OC3=O)c2)cc1. The number of rotatable bonds is 4. The van der Waals surface area contributed by atoms with Crippen molar-refractivity contribution in [3.8, 4) is 5.75 Å². The number of hydrogen-bond donors (Lipinski definition) is 0. The fourth-order valence-corrected chi connectivity index (χ4v) is 3.65. The van der Waals surface area contributed by atoms with Crippen LogP contribution < -0.4 is 4.74 Å². The van der Waals surface area contributed by atoms with Gasteiger partial charge in [0.05, 0.1) is 5.56 Å². The summed E-state index contributed by atoms with van der Waals surface area (Å²) in [7, 11) is 0. The van der Waals surface area contributed by atoms with Gasteiger partial charge in [0.25, 0.3) is 0 Å². The Morgan fingerprint density at radius 3 is 2.42 bits per heavy atom. The molecule has 1 heterocycles. The first-order valence-corrected chi connectivity index (χ1v) is 11.2. The van der Waals surface area contributed by atoms with E-state index in [-0.39, 0.29) is 17.0 Å². The summed E-state index contributed by atoms with van der Waals surface area (Å²) in [4.78, 5) is 29.2. The number of halogens is 1. The van der Waals surface area contributed by atoms with Crippen molar-refractivity contribution in [2.45, 2.75) is 26.2 Å². The number of ether oxygens (including phenoxy) is 2. The van der Waals surface area contributed by atoms with Crippen molar-refractivity contribution in [1.29, 1.82) is 0 Å². The average Bonchev–Trinajstić information content (AvgIpc) is 3.14. The van der Waals surface area contributed by atoms with Crippen molar-refractivity contribution in [3.05, 3.63) is 105 Å². The Morgan fingerprint density at radius 2 is 1.73 bits per heavy atom. The van der Waals surface area contributed by atoms with E-state index in [0.717, 1.165) is 10.0 Å². The van der Waals surface area contributed by atoms with Gasteiger partial charge in [-0.05, 0) is 65.1 Å². The number of nitrogens with zero attached hydrogens (tertiary/aromatic N) is 1. The molecule has 0 unspecified atom stereocenters. The Morgan fingerprint density at radius 1 is 1.00 bits per heavy atom. The zero-order valence-electron chi connectivity index (χ0n) is 18.5. The van der Waals surface area contributed by atoms with Crippen molar-refractivity contribution in [1.82, 2.24) is 0 Å². The predicted molar refractivity (Wildman–Crippen MR) is 131 cm³/mol. The van der Waals surface area contributed by atoms with Gasteiger partial charge < -0.3 is 9.47 Å². The molecule has 0 saturated carbocycles. The molecule has 6 heteroatoms. The maximum Gasteiger partial charge on any atom is 0.363 e. The lowest BCUT2D eigenvalue weighted by Gasteiger charge is -2.18. The van der Waals surface area contributed by atoms with E-state index in [4.69, 9.17) is 9.47 Å². The summed E-state index contributed by atoms with van der Waals surface area (Å²) in [6, 6.07) is 21.7. The molecule has 166 valence electrons. The highest BCUT2D eigenvalue weighted by atomic mass is 79.9. The van der Waals surface area contributed by atoms with Crippen LogP contribution in [0, 0.1) is 0 Å². The molecule has 5 nitrogen and oxygen atoms in total. The Kier molecular flexibility index (Phi) is 6.29. The molecule has 0 N–H and O–H groups in total. The standard InChI is InChI=1S/C27H22BrNO4/c1-27(2,3)20-12-10-18(11-13-20)25(30)32-22-9-4-6-17(14-22)15-23-26(31)33-24(29-23)19-7-5-8-21(28)16-19/h4-16H,1-3H3/b23-15-. The molecule has 0 aliphatic carbocycles. The van der Waals surface area contributed by atoms with E-state index in [1.807, 2.05) is 36.4 Å². The number of cyclic esters (lactones) is 1. The third kappa shape index (κ3) is 5.46. The fourth-order valence-electron chi connectivity index (χ4n) is 3.25. The van der Waals surface area contributed by atoms with Crippen molar-refractivity contribution < 1.29 is 19.1 Å². The van der Waals surface area contributed by atoms with E-state index in [0.29, 0.717) is 22.4 Å². The van der Waals surface area contributed by atoms with Gasteiger partial charge in [0.2, 0.25) is 5.90 Å². The lowest BCUT2D eigenvalue weighted by molar-refractivity contribution is -0.129. The van der Waals surface area contributed by atoms with E-state index >= 15 is 0 Å². The topological polar surface area (TPSA) is 65.0 Å². The third-order valence-corrected chi connectivity index (χ3v) is 5.54. The second kappa shape index (κ2) is 9.16. The Hall–Kier alpha value is -3.51. The first-order chi connectivity index (χ1) is 15.7. The highest BCUT2D eigenvalue weighted by Gasteiger charge is 2.24. The first kappa shape index (κ1) is 22.7. The van der Waals surface area contributed by atoms with E-state index in [2.05, 4.69) is 41.7 Å². The zero-order chi connectivity index (χ0) is 23.6. The maximum absolute atomic E-state index is 12.6. The molecule has 0 spiro atoms. The minimum Gasteiger partial charge on any atom is -0.423 e. The number of benzene rings is 3. The van der Waals surface area contributed by atoms with Crippen LogP contribution in [0.3, 0.4) is 0 Å². The monoisotopic (exact) mass is 503 g/mol. The zero-order valence-corrected chi connectivity index (χ0v) is 20.0. The van der Waals surface area contributed by atoms with E-state index in [1.54, 1.807) is 42.5 Å². The van der Waals surface area contributed by atoms with Gasteiger partial charge in [0.15, 0.2) is 5.70 Å². The summed E-state index contributed by atoms with van der Waals surface area (Å²) < 4.78 is 11.7. The fraction of sp³-hybridized carbons (Fsp3) is 0.148. The van der Waals surface area contributed by atoms with Crippen LogP contribution in [-0.2, 0) is 14.9 Å². The maximum atomic E-state index is 12.6. The summed E-state index contributed by atoms with van der Waals surface area (Å²) in [6.07, 6.45) is 1.60. The minimum atomic E-state index is -0.536. The Balaban J connectivity index is 1.51. The van der Waals surface area contributed by atoms with Crippen LogP contribution in [0.1, 0.15) is 47.8 Å². The van der Waals surface area contributed by atoms with Crippen LogP contribution in [0.25, 0.3) is 6.08 Å². The van der Waals surface area contributed by atoms with Crippen LogP contribution in [0.4, 0.5) is 0 Å². The molecular weight excluding hydrogens is 482 g/mol. The first-order valence-electron chi connectivity index (χ1n) is 10.4. The quantitative estimate of drug-likeness (QED) is 0.237. The predicted octanol–water partition coefficient (Wildman–Crippen LogP) is 6.31. The van der Waals surface area contributed by atoms with E-state index in [1.165, 1.54) is 0 Å². The van der Waals surface area contributed by atoms with Gasteiger partial charge in [-0.2, -0.15) is 0 Å². The van der Waals surface area contributed by atoms with Gasteiger partial charge in [-0.25, -0.2) is 14.6 Å². The lowest BCUT2D eigenvalue weighted by Crippen LogP contribution is -2.12. The van der Waals surface area contributed by atoms with Gasteiger partial charge in [-0.3, -0.25) is 0 Å². The summed E-state index contributed by atoms with van der Waals surface area (Å²) in [5.41, 5.74) is 3.14. The van der Waals surface area contributed by atoms with Crippen LogP contribution >= 0.6 is 15.9 Å². The molecule has 33 heavy (non-hydrogen) atoms. The van der Waals surface area contributed by atoms with Crippen molar-refractivity contribution >= 4 is 39.8 Å². The Labute approximate surface area is 200 Å². The molecule has 1 aliphatic rings. The largest absolute Gasteiger partial charge is 0.423 e. The van der Waals surface area contributed by atoms with Crippen molar-refractivity contribution in [2.24, 2.45) is 4.99 Å². The molecule has 1 aliphatic heterocycles. The number of hydrogen-bond acceptors (Lipinski definition) is 5. The molecule has 0 amide bonds. The van der Waals surface area contributed by atoms with Crippen LogP contribution in [-0.4, -0.2) is 17.8 Å². The third-order valence-electron chi connectivity index (χ3n) is 5.05. The van der Waals surface area contributed by atoms with Crippen molar-refractivity contribution in [3.63, 3.8) is 0 Å². The number of esters is 2. The highest BCUT2D eigenvalue weighted by molar-refractivity contribution is 9.10. The molecule has 0 bridgehead atoms. The highest BCUT2D eigenvalue weighted by Crippen LogP contribution is 2.24. The molecule has 0 saturated heterocycles. The van der Waals surface area contributed by atoms with Gasteiger partial charge in [0, 0.05) is 10.0 Å². The second-order valence-corrected chi connectivity index (χ2v) is 9.55. The van der Waals surface area contributed by atoms with Gasteiger partial charge in [-0.1, -0.05) is 67.0 Å². The normalized spacial score (nSPS) is 14.7. The summed E-state index contributed by atoms with van der Waals surface area (Å²) >= 11 is 3.40. The van der Waals surface area contributed by atoms with Gasteiger partial charge in [-0.15, -0.1) is 0 Å². The molecule has 3 aromatic carbocycles. The second-order valence-electron chi connectivity index (χ2n) is 8.64. The summed E-state index contributed by atoms with van der Waals surface area (Å²) in [5.74, 6) is -0.368. The lowest BCUT2D eigenvalue weighted by atomic mass is 9.87. The number of carbonyl (C=O) groups is 2. The van der Waals surface area contributed by atoms with Crippen LogP contribution in [0.15, 0.2) is 88.0 Å². The van der Waals surface area contributed by atoms with Gasteiger partial charge in [0.1, 0.15) is 5.75 Å². The van der Waals surface area contributed by atoms with Crippen LogP contribution in [0.2, 0.25) is 0 Å². The molecule has 0 fully saturated rings. The van der Waals surface area contributed by atoms with Gasteiger partial charge >= 0.3 is 11.9 Å². The number of aliphatic imine (C=N–C) groups is 1. The Bertz CT molecular complexity index is 1280.